The number of pyridine rings is 1. The van der Waals surface area contributed by atoms with Crippen LogP contribution >= 0.6 is 0 Å². The molecule has 0 saturated heterocycles. The van der Waals surface area contributed by atoms with E-state index in [1.54, 1.807) is 6.20 Å². The summed E-state index contributed by atoms with van der Waals surface area (Å²) in [6, 6.07) is 19.7. The number of hydrogen-bond acceptors (Lipinski definition) is 2. The van der Waals surface area contributed by atoms with E-state index in [0.29, 0.717) is 0 Å². The van der Waals surface area contributed by atoms with Crippen molar-refractivity contribution in [3.05, 3.63) is 72.4 Å². The van der Waals surface area contributed by atoms with Gasteiger partial charge < -0.3 is 5.32 Å². The van der Waals surface area contributed by atoms with Crippen LogP contribution in [0, 0.1) is 0 Å². The highest BCUT2D eigenvalue weighted by Crippen LogP contribution is 2.26. The van der Waals surface area contributed by atoms with Crippen LogP contribution in [0.25, 0.3) is 10.9 Å². The van der Waals surface area contributed by atoms with Gasteiger partial charge in [0, 0.05) is 11.6 Å². The van der Waals surface area contributed by atoms with Crippen LogP contribution in [0.3, 0.4) is 0 Å². The molecule has 0 spiro atoms. The summed E-state index contributed by atoms with van der Waals surface area (Å²) in [7, 11) is 0. The third kappa shape index (κ3) is 3.39. The molecule has 0 saturated carbocycles. The van der Waals surface area contributed by atoms with Crippen molar-refractivity contribution in [2.75, 3.05) is 5.32 Å². The zero-order valence-electron chi connectivity index (χ0n) is 13.2. The van der Waals surface area contributed by atoms with E-state index in [9.17, 15) is 4.79 Å². The summed E-state index contributed by atoms with van der Waals surface area (Å²) in [4.78, 5) is 17.2. The van der Waals surface area contributed by atoms with Gasteiger partial charge in [-0.2, -0.15) is 0 Å². The third-order valence-electron chi connectivity index (χ3n) is 3.99. The minimum atomic E-state index is -0.139. The van der Waals surface area contributed by atoms with Gasteiger partial charge in [0.05, 0.1) is 17.1 Å². The smallest absolute Gasteiger partial charge is 0.231 e. The molecule has 23 heavy (non-hydrogen) atoms. The Hall–Kier alpha value is -2.68. The van der Waals surface area contributed by atoms with Gasteiger partial charge in [-0.05, 0) is 24.1 Å². The summed E-state index contributed by atoms with van der Waals surface area (Å²) in [6.07, 6.45) is 3.54. The Morgan fingerprint density at radius 3 is 2.61 bits per heavy atom. The number of hydrogen-bond donors (Lipinski definition) is 1. The SMILES string of the molecule is CCCC(C(=O)Nc1cccc2cccnc12)c1ccccc1. The Kier molecular flexibility index (Phi) is 4.67. The highest BCUT2D eigenvalue weighted by atomic mass is 16.1. The van der Waals surface area contributed by atoms with Crippen LogP contribution in [0.4, 0.5) is 5.69 Å². The molecule has 1 aromatic heterocycles. The van der Waals surface area contributed by atoms with Crippen molar-refractivity contribution in [1.29, 1.82) is 0 Å². The van der Waals surface area contributed by atoms with E-state index in [2.05, 4.69) is 17.2 Å². The number of anilines is 1. The summed E-state index contributed by atoms with van der Waals surface area (Å²) in [5.74, 6) is -0.114. The zero-order valence-corrected chi connectivity index (χ0v) is 13.2. The van der Waals surface area contributed by atoms with Crippen LogP contribution < -0.4 is 5.32 Å². The highest BCUT2D eigenvalue weighted by Gasteiger charge is 2.20. The number of amides is 1. The molecule has 1 unspecified atom stereocenters. The molecule has 2 aromatic carbocycles. The Labute approximate surface area is 136 Å². The van der Waals surface area contributed by atoms with Crippen molar-refractivity contribution in [2.45, 2.75) is 25.7 Å². The maximum Gasteiger partial charge on any atom is 0.231 e. The molecule has 1 amide bonds. The molecule has 3 rings (SSSR count). The lowest BCUT2D eigenvalue weighted by molar-refractivity contribution is -0.117. The van der Waals surface area contributed by atoms with Gasteiger partial charge in [-0.25, -0.2) is 0 Å². The predicted molar refractivity (Wildman–Crippen MR) is 94.5 cm³/mol. The van der Waals surface area contributed by atoms with E-state index in [-0.39, 0.29) is 11.8 Å². The molecule has 1 atom stereocenters. The molecule has 3 aromatic rings. The summed E-state index contributed by atoms with van der Waals surface area (Å²) in [5.41, 5.74) is 2.65. The van der Waals surface area contributed by atoms with Gasteiger partial charge in [0.2, 0.25) is 5.91 Å². The first-order chi connectivity index (χ1) is 11.3. The largest absolute Gasteiger partial charge is 0.324 e. The molecule has 3 heteroatoms. The van der Waals surface area contributed by atoms with E-state index >= 15 is 0 Å². The van der Waals surface area contributed by atoms with Gasteiger partial charge in [-0.1, -0.05) is 61.9 Å². The van der Waals surface area contributed by atoms with Gasteiger partial charge in [-0.3, -0.25) is 9.78 Å². The third-order valence-corrected chi connectivity index (χ3v) is 3.99. The topological polar surface area (TPSA) is 42.0 Å². The van der Waals surface area contributed by atoms with E-state index in [0.717, 1.165) is 35.0 Å². The molecule has 0 bridgehead atoms. The normalized spacial score (nSPS) is 12.0. The summed E-state index contributed by atoms with van der Waals surface area (Å²) in [6.45, 7) is 2.10. The molecule has 0 radical (unpaired) electrons. The van der Waals surface area contributed by atoms with Crippen molar-refractivity contribution >= 4 is 22.5 Å². The van der Waals surface area contributed by atoms with Crippen molar-refractivity contribution in [1.82, 2.24) is 4.98 Å². The first-order valence-corrected chi connectivity index (χ1v) is 7.99. The van der Waals surface area contributed by atoms with Gasteiger partial charge in [0.1, 0.15) is 0 Å². The number of nitrogens with one attached hydrogen (secondary N) is 1. The first-order valence-electron chi connectivity index (χ1n) is 7.99. The van der Waals surface area contributed by atoms with Crippen LogP contribution in [0.5, 0.6) is 0 Å². The summed E-state index contributed by atoms with van der Waals surface area (Å²) in [5, 5.41) is 4.09. The molecule has 0 aliphatic heterocycles. The maximum absolute atomic E-state index is 12.8. The fourth-order valence-electron chi connectivity index (χ4n) is 2.85. The van der Waals surface area contributed by atoms with Crippen molar-refractivity contribution in [3.8, 4) is 0 Å². The number of aromatic nitrogens is 1. The minimum Gasteiger partial charge on any atom is -0.324 e. The average molecular weight is 304 g/mol. The number of benzene rings is 2. The highest BCUT2D eigenvalue weighted by molar-refractivity contribution is 6.02. The molecule has 0 fully saturated rings. The molecule has 0 aliphatic rings. The van der Waals surface area contributed by atoms with Crippen molar-refractivity contribution in [3.63, 3.8) is 0 Å². The fourth-order valence-corrected chi connectivity index (χ4v) is 2.85. The zero-order chi connectivity index (χ0) is 16.1. The first kappa shape index (κ1) is 15.2. The monoisotopic (exact) mass is 304 g/mol. The molecule has 116 valence electrons. The lowest BCUT2D eigenvalue weighted by atomic mass is 9.93. The van der Waals surface area contributed by atoms with Crippen LogP contribution in [0.15, 0.2) is 66.9 Å². The predicted octanol–water partition coefficient (Wildman–Crippen LogP) is 4.76. The number of carbonyl (C=O) groups is 1. The quantitative estimate of drug-likeness (QED) is 0.738. The van der Waals surface area contributed by atoms with Gasteiger partial charge in [0.15, 0.2) is 0 Å². The second-order valence-electron chi connectivity index (χ2n) is 5.62. The Bertz CT molecular complexity index is 794. The van der Waals surface area contributed by atoms with Crippen LogP contribution in [-0.4, -0.2) is 10.9 Å². The summed E-state index contributed by atoms with van der Waals surface area (Å²) >= 11 is 0. The lowest BCUT2D eigenvalue weighted by Crippen LogP contribution is -2.21. The second kappa shape index (κ2) is 7.05. The Morgan fingerprint density at radius 1 is 1.04 bits per heavy atom. The van der Waals surface area contributed by atoms with E-state index in [4.69, 9.17) is 0 Å². The van der Waals surface area contributed by atoms with Crippen LogP contribution in [-0.2, 0) is 4.79 Å². The van der Waals surface area contributed by atoms with E-state index in [1.807, 2.05) is 60.7 Å². The van der Waals surface area contributed by atoms with E-state index < -0.39 is 0 Å². The molecular formula is C20H20N2O. The molecule has 3 nitrogen and oxygen atoms in total. The number of para-hydroxylation sites is 1. The van der Waals surface area contributed by atoms with Crippen molar-refractivity contribution < 1.29 is 4.79 Å². The van der Waals surface area contributed by atoms with Crippen LogP contribution in [0.2, 0.25) is 0 Å². The molecule has 1 heterocycles. The van der Waals surface area contributed by atoms with E-state index in [1.165, 1.54) is 0 Å². The number of carbonyl (C=O) groups excluding carboxylic acids is 1. The number of nitrogens with zero attached hydrogens (tertiary/aromatic N) is 1. The summed E-state index contributed by atoms with van der Waals surface area (Å²) < 4.78 is 0. The van der Waals surface area contributed by atoms with Gasteiger partial charge >= 0.3 is 0 Å². The maximum atomic E-state index is 12.8. The van der Waals surface area contributed by atoms with Crippen molar-refractivity contribution in [2.24, 2.45) is 0 Å². The molecule has 0 aliphatic carbocycles. The minimum absolute atomic E-state index is 0.0243. The fraction of sp³-hybridized carbons (Fsp3) is 0.200. The second-order valence-corrected chi connectivity index (χ2v) is 5.62. The average Bonchev–Trinajstić information content (AvgIpc) is 2.60. The number of fused-ring (bicyclic) bond motifs is 1. The Morgan fingerprint density at radius 2 is 1.83 bits per heavy atom. The van der Waals surface area contributed by atoms with Gasteiger partial charge in [0.25, 0.3) is 0 Å². The number of rotatable bonds is 5. The lowest BCUT2D eigenvalue weighted by Gasteiger charge is -2.17. The van der Waals surface area contributed by atoms with Gasteiger partial charge in [-0.15, -0.1) is 0 Å². The molecule has 1 N–H and O–H groups in total. The standard InChI is InChI=1S/C20H20N2O/c1-2-8-17(15-9-4-3-5-10-15)20(23)22-18-13-6-11-16-12-7-14-21-19(16)18/h3-7,9-14,17H,2,8H2,1H3,(H,22,23). The molecular weight excluding hydrogens is 284 g/mol. The van der Waals surface area contributed by atoms with Crippen LogP contribution in [0.1, 0.15) is 31.2 Å². The Balaban J connectivity index is 1.89.